The van der Waals surface area contributed by atoms with Crippen LogP contribution in [0.5, 0.6) is 11.5 Å². The Morgan fingerprint density at radius 3 is 2.33 bits per heavy atom. The van der Waals surface area contributed by atoms with Gasteiger partial charge in [0, 0.05) is 24.5 Å². The van der Waals surface area contributed by atoms with Crippen molar-refractivity contribution in [1.29, 1.82) is 0 Å². The van der Waals surface area contributed by atoms with E-state index in [4.69, 9.17) is 9.47 Å². The summed E-state index contributed by atoms with van der Waals surface area (Å²) in [4.78, 5) is 0. The van der Waals surface area contributed by atoms with Gasteiger partial charge in [-0.25, -0.2) is 8.78 Å². The minimum atomic E-state index is -0.600. The Hall–Kier alpha value is -2.10. The second-order valence-electron chi connectivity index (χ2n) is 5.61. The molecule has 2 aromatic carbocycles. The average Bonchev–Trinajstić information content (AvgIpc) is 3.03. The van der Waals surface area contributed by atoms with Crippen molar-refractivity contribution in [3.8, 4) is 22.6 Å². The molecule has 4 rings (SSSR count). The van der Waals surface area contributed by atoms with E-state index < -0.39 is 17.4 Å². The van der Waals surface area contributed by atoms with Crippen LogP contribution in [0.3, 0.4) is 0 Å². The molecule has 0 bridgehead atoms. The normalized spacial score (nSPS) is 18.4. The largest absolute Gasteiger partial charge is 0.448 e. The lowest BCUT2D eigenvalue weighted by atomic mass is 10.0. The van der Waals surface area contributed by atoms with Crippen molar-refractivity contribution >= 4 is 0 Å². The van der Waals surface area contributed by atoms with E-state index in [1.165, 1.54) is 12.1 Å². The Balaban J connectivity index is 1.81. The van der Waals surface area contributed by atoms with Crippen LogP contribution in [0.15, 0.2) is 36.4 Å². The van der Waals surface area contributed by atoms with Gasteiger partial charge in [0.25, 0.3) is 5.79 Å². The lowest BCUT2D eigenvalue weighted by molar-refractivity contribution is -0.0714. The molecule has 0 unspecified atom stereocenters. The third kappa shape index (κ3) is 2.06. The maximum absolute atomic E-state index is 13.4. The molecule has 0 radical (unpaired) electrons. The van der Waals surface area contributed by atoms with E-state index in [1.54, 1.807) is 6.07 Å². The van der Waals surface area contributed by atoms with Crippen molar-refractivity contribution in [2.45, 2.75) is 31.5 Å². The third-order valence-corrected chi connectivity index (χ3v) is 4.10. The van der Waals surface area contributed by atoms with E-state index in [0.29, 0.717) is 22.6 Å². The van der Waals surface area contributed by atoms with Gasteiger partial charge in [-0.2, -0.15) is 0 Å². The van der Waals surface area contributed by atoms with Gasteiger partial charge in [-0.15, -0.1) is 0 Å². The summed E-state index contributed by atoms with van der Waals surface area (Å²) < 4.78 is 38.9. The molecule has 1 fully saturated rings. The summed E-state index contributed by atoms with van der Waals surface area (Å²) >= 11 is 0. The quantitative estimate of drug-likeness (QED) is 0.759. The van der Waals surface area contributed by atoms with Gasteiger partial charge in [-0.3, -0.25) is 0 Å². The van der Waals surface area contributed by atoms with Crippen molar-refractivity contribution in [3.05, 3.63) is 48.0 Å². The van der Waals surface area contributed by atoms with Gasteiger partial charge in [-0.1, -0.05) is 12.1 Å². The van der Waals surface area contributed by atoms with Gasteiger partial charge in [0.2, 0.25) is 0 Å². The number of rotatable bonds is 1. The Morgan fingerprint density at radius 2 is 1.62 bits per heavy atom. The molecule has 2 aromatic rings. The molecular weight excluding hydrogens is 274 g/mol. The molecule has 0 saturated heterocycles. The highest BCUT2D eigenvalue weighted by atomic mass is 19.1. The fourth-order valence-electron chi connectivity index (χ4n) is 3.16. The summed E-state index contributed by atoms with van der Waals surface area (Å²) in [5.41, 5.74) is 1.12. The highest BCUT2D eigenvalue weighted by Crippen LogP contribution is 2.50. The number of halogens is 2. The van der Waals surface area contributed by atoms with E-state index in [-0.39, 0.29) is 0 Å². The molecule has 4 heteroatoms. The molecule has 1 heterocycles. The molecule has 0 N–H and O–H groups in total. The van der Waals surface area contributed by atoms with Gasteiger partial charge < -0.3 is 9.47 Å². The van der Waals surface area contributed by atoms with Gasteiger partial charge in [0.1, 0.15) is 11.6 Å². The van der Waals surface area contributed by atoms with Crippen molar-refractivity contribution in [2.75, 3.05) is 0 Å². The van der Waals surface area contributed by atoms with Crippen LogP contribution in [0, 0.1) is 11.6 Å². The van der Waals surface area contributed by atoms with Crippen LogP contribution < -0.4 is 9.47 Å². The van der Waals surface area contributed by atoms with Crippen LogP contribution >= 0.6 is 0 Å². The number of fused-ring (bicyclic) bond motifs is 1. The van der Waals surface area contributed by atoms with Gasteiger partial charge >= 0.3 is 0 Å². The SMILES string of the molecule is Fc1cc(F)cc(-c2cccc3c2OC2(CCCC2)O3)c1. The molecule has 21 heavy (non-hydrogen) atoms. The summed E-state index contributed by atoms with van der Waals surface area (Å²) in [5.74, 6) is -0.540. The first-order valence-corrected chi connectivity index (χ1v) is 7.13. The summed E-state index contributed by atoms with van der Waals surface area (Å²) in [7, 11) is 0. The molecular formula is C17H14F2O2. The summed E-state index contributed by atoms with van der Waals surface area (Å²) in [6.45, 7) is 0. The molecule has 0 amide bonds. The summed E-state index contributed by atoms with van der Waals surface area (Å²) in [5, 5.41) is 0. The molecule has 1 saturated carbocycles. The zero-order valence-corrected chi connectivity index (χ0v) is 11.4. The zero-order chi connectivity index (χ0) is 14.4. The maximum atomic E-state index is 13.4. The third-order valence-electron chi connectivity index (χ3n) is 4.10. The lowest BCUT2D eigenvalue weighted by Gasteiger charge is -2.21. The van der Waals surface area contributed by atoms with Gasteiger partial charge in [0.05, 0.1) is 0 Å². The fraction of sp³-hybridized carbons (Fsp3) is 0.294. The van der Waals surface area contributed by atoms with Gasteiger partial charge in [0.15, 0.2) is 11.5 Å². The summed E-state index contributed by atoms with van der Waals surface area (Å²) in [6.07, 6.45) is 3.83. The minimum absolute atomic E-state index is 0.461. The lowest BCUT2D eigenvalue weighted by Crippen LogP contribution is -2.34. The number of benzene rings is 2. The van der Waals surface area contributed by atoms with Crippen LogP contribution in [0.2, 0.25) is 0 Å². The smallest absolute Gasteiger partial charge is 0.251 e. The standard InChI is InChI=1S/C17H14F2O2/c18-12-8-11(9-13(19)10-12)14-4-3-5-15-16(14)21-17(20-15)6-1-2-7-17/h3-5,8-10H,1-2,6-7H2. The Kier molecular flexibility index (Phi) is 2.67. The molecule has 1 spiro atoms. The molecule has 2 aliphatic rings. The predicted molar refractivity (Wildman–Crippen MR) is 74.2 cm³/mol. The summed E-state index contributed by atoms with van der Waals surface area (Å²) in [6, 6.07) is 8.92. The van der Waals surface area contributed by atoms with E-state index in [1.807, 2.05) is 12.1 Å². The molecule has 0 atom stereocenters. The number of hydrogen-bond acceptors (Lipinski definition) is 2. The van der Waals surface area contributed by atoms with Crippen molar-refractivity contribution in [2.24, 2.45) is 0 Å². The maximum Gasteiger partial charge on any atom is 0.251 e. The van der Waals surface area contributed by atoms with Crippen LogP contribution in [0.1, 0.15) is 25.7 Å². The number of ether oxygens (including phenoxy) is 2. The van der Waals surface area contributed by atoms with Crippen molar-refractivity contribution < 1.29 is 18.3 Å². The fourth-order valence-corrected chi connectivity index (χ4v) is 3.16. The first-order valence-electron chi connectivity index (χ1n) is 7.13. The van der Waals surface area contributed by atoms with Gasteiger partial charge in [-0.05, 0) is 36.6 Å². The first kappa shape index (κ1) is 12.6. The molecule has 1 aliphatic carbocycles. The monoisotopic (exact) mass is 288 g/mol. The highest BCUT2D eigenvalue weighted by molar-refractivity contribution is 5.74. The number of hydrogen-bond donors (Lipinski definition) is 0. The topological polar surface area (TPSA) is 18.5 Å². The predicted octanol–water partition coefficient (Wildman–Crippen LogP) is 4.67. The Morgan fingerprint density at radius 1 is 0.905 bits per heavy atom. The molecule has 1 aliphatic heterocycles. The van der Waals surface area contributed by atoms with E-state index >= 15 is 0 Å². The molecule has 0 aromatic heterocycles. The Labute approximate surface area is 121 Å². The Bertz CT molecular complexity index is 686. The van der Waals surface area contributed by atoms with Crippen LogP contribution in [-0.2, 0) is 0 Å². The second kappa shape index (κ2) is 4.45. The van der Waals surface area contributed by atoms with E-state index in [0.717, 1.165) is 31.7 Å². The number of para-hydroxylation sites is 1. The minimum Gasteiger partial charge on any atom is -0.448 e. The first-order chi connectivity index (χ1) is 10.2. The van der Waals surface area contributed by atoms with Crippen LogP contribution in [0.4, 0.5) is 8.78 Å². The second-order valence-corrected chi connectivity index (χ2v) is 5.61. The highest BCUT2D eigenvalue weighted by Gasteiger charge is 2.44. The molecule has 2 nitrogen and oxygen atoms in total. The average molecular weight is 288 g/mol. The van der Waals surface area contributed by atoms with E-state index in [2.05, 4.69) is 0 Å². The van der Waals surface area contributed by atoms with Crippen molar-refractivity contribution in [1.82, 2.24) is 0 Å². The molecule has 108 valence electrons. The van der Waals surface area contributed by atoms with Crippen LogP contribution in [0.25, 0.3) is 11.1 Å². The zero-order valence-electron chi connectivity index (χ0n) is 11.4. The van der Waals surface area contributed by atoms with Crippen molar-refractivity contribution in [3.63, 3.8) is 0 Å². The van der Waals surface area contributed by atoms with Crippen LogP contribution in [-0.4, -0.2) is 5.79 Å². The van der Waals surface area contributed by atoms with E-state index in [9.17, 15) is 8.78 Å².